The van der Waals surface area contributed by atoms with E-state index in [-0.39, 0.29) is 11.9 Å². The highest BCUT2D eigenvalue weighted by Crippen LogP contribution is 2.27. The van der Waals surface area contributed by atoms with Crippen LogP contribution in [0.3, 0.4) is 0 Å². The van der Waals surface area contributed by atoms with Crippen LogP contribution in [0.2, 0.25) is 5.02 Å². The topological polar surface area (TPSA) is 66.4 Å². The van der Waals surface area contributed by atoms with Gasteiger partial charge >= 0.3 is 5.97 Å². The minimum absolute atomic E-state index is 0.0878. The molecule has 0 spiro atoms. The van der Waals surface area contributed by atoms with E-state index in [4.69, 9.17) is 11.6 Å². The van der Waals surface area contributed by atoms with Crippen LogP contribution in [-0.4, -0.2) is 23.0 Å². The molecule has 2 N–H and O–H groups in total. The van der Waals surface area contributed by atoms with E-state index in [1.165, 1.54) is 0 Å². The predicted molar refractivity (Wildman–Crippen MR) is 63.0 cm³/mol. The lowest BCUT2D eigenvalue weighted by molar-refractivity contribution is -0.139. The molecule has 1 aliphatic rings. The number of rotatable bonds is 3. The molecule has 1 saturated heterocycles. The second-order valence-electron chi connectivity index (χ2n) is 4.08. The highest BCUT2D eigenvalue weighted by molar-refractivity contribution is 6.30. The zero-order chi connectivity index (χ0) is 12.4. The second-order valence-corrected chi connectivity index (χ2v) is 4.52. The first-order valence-electron chi connectivity index (χ1n) is 5.35. The van der Waals surface area contributed by atoms with E-state index < -0.39 is 11.9 Å². The van der Waals surface area contributed by atoms with Gasteiger partial charge in [-0.1, -0.05) is 23.7 Å². The van der Waals surface area contributed by atoms with Crippen LogP contribution in [0.15, 0.2) is 24.3 Å². The molecule has 1 heterocycles. The molecule has 1 amide bonds. The Bertz CT molecular complexity index is 444. The number of nitrogens with one attached hydrogen (secondary N) is 1. The van der Waals surface area contributed by atoms with E-state index in [1.54, 1.807) is 24.3 Å². The van der Waals surface area contributed by atoms with Crippen LogP contribution in [0.5, 0.6) is 0 Å². The molecule has 0 saturated carbocycles. The van der Waals surface area contributed by atoms with Crippen molar-refractivity contribution in [1.82, 2.24) is 5.32 Å². The molecule has 17 heavy (non-hydrogen) atoms. The predicted octanol–water partition coefficient (Wildman–Crippen LogP) is 1.79. The molecule has 90 valence electrons. The van der Waals surface area contributed by atoms with Crippen molar-refractivity contribution in [1.29, 1.82) is 0 Å². The Morgan fingerprint density at radius 1 is 1.41 bits per heavy atom. The van der Waals surface area contributed by atoms with Gasteiger partial charge in [0.2, 0.25) is 5.91 Å². The van der Waals surface area contributed by atoms with Crippen LogP contribution in [0.25, 0.3) is 0 Å². The highest BCUT2D eigenvalue weighted by Gasteiger charge is 2.34. The van der Waals surface area contributed by atoms with Crippen molar-refractivity contribution in [2.24, 2.45) is 0 Å². The van der Waals surface area contributed by atoms with Gasteiger partial charge in [-0.05, 0) is 24.1 Å². The van der Waals surface area contributed by atoms with Crippen molar-refractivity contribution >= 4 is 23.5 Å². The Balaban J connectivity index is 2.26. The van der Waals surface area contributed by atoms with Crippen molar-refractivity contribution in [3.63, 3.8) is 0 Å². The number of hydrogen-bond acceptors (Lipinski definition) is 2. The summed E-state index contributed by atoms with van der Waals surface area (Å²) in [5, 5.41) is 12.5. The fourth-order valence-corrected chi connectivity index (χ4v) is 2.23. The third-order valence-electron chi connectivity index (χ3n) is 2.93. The van der Waals surface area contributed by atoms with E-state index in [0.29, 0.717) is 23.4 Å². The van der Waals surface area contributed by atoms with Crippen LogP contribution in [0, 0.1) is 0 Å². The number of hydrogen-bond donors (Lipinski definition) is 2. The minimum Gasteiger partial charge on any atom is -0.481 e. The summed E-state index contributed by atoms with van der Waals surface area (Å²) in [6.07, 6.45) is 0.945. The fraction of sp³-hybridized carbons (Fsp3) is 0.333. The standard InChI is InChI=1S/C12H12ClNO3/c13-8-3-1-7(2-4-8)11(12(16)17)9-5-6-10(15)14-9/h1-4,9,11H,5-6H2,(H,14,15)(H,16,17)/t9?,11-/m0/s1. The zero-order valence-corrected chi connectivity index (χ0v) is 9.78. The molecule has 4 nitrogen and oxygen atoms in total. The Kier molecular flexibility index (Phi) is 3.33. The summed E-state index contributed by atoms with van der Waals surface area (Å²) in [4.78, 5) is 22.4. The lowest BCUT2D eigenvalue weighted by atomic mass is 9.91. The van der Waals surface area contributed by atoms with E-state index in [0.717, 1.165) is 0 Å². The smallest absolute Gasteiger partial charge is 0.313 e. The molecule has 0 bridgehead atoms. The van der Waals surface area contributed by atoms with Gasteiger partial charge in [-0.15, -0.1) is 0 Å². The summed E-state index contributed by atoms with van der Waals surface area (Å²) in [6, 6.07) is 6.35. The number of carboxylic acid groups (broad SMARTS) is 1. The fourth-order valence-electron chi connectivity index (χ4n) is 2.10. The van der Waals surface area contributed by atoms with Crippen LogP contribution >= 0.6 is 11.6 Å². The Morgan fingerprint density at radius 2 is 2.06 bits per heavy atom. The van der Waals surface area contributed by atoms with Crippen molar-refractivity contribution in [3.8, 4) is 0 Å². The summed E-state index contributed by atoms with van der Waals surface area (Å²) in [7, 11) is 0. The number of carboxylic acids is 1. The van der Waals surface area contributed by atoms with E-state index in [2.05, 4.69) is 5.32 Å². The van der Waals surface area contributed by atoms with Crippen LogP contribution in [-0.2, 0) is 9.59 Å². The molecule has 0 aliphatic carbocycles. The monoisotopic (exact) mass is 253 g/mol. The highest BCUT2D eigenvalue weighted by atomic mass is 35.5. The Morgan fingerprint density at radius 3 is 2.53 bits per heavy atom. The van der Waals surface area contributed by atoms with Crippen molar-refractivity contribution in [3.05, 3.63) is 34.9 Å². The first kappa shape index (κ1) is 11.9. The van der Waals surface area contributed by atoms with Crippen LogP contribution in [0.4, 0.5) is 0 Å². The van der Waals surface area contributed by atoms with Gasteiger partial charge in [0, 0.05) is 17.5 Å². The first-order valence-corrected chi connectivity index (χ1v) is 5.73. The molecule has 5 heteroatoms. The van der Waals surface area contributed by atoms with Gasteiger partial charge in [0.15, 0.2) is 0 Å². The molecule has 1 aliphatic heterocycles. The molecule has 2 rings (SSSR count). The van der Waals surface area contributed by atoms with Crippen molar-refractivity contribution in [2.75, 3.05) is 0 Å². The number of carbonyl (C=O) groups excluding carboxylic acids is 1. The maximum Gasteiger partial charge on any atom is 0.313 e. The third-order valence-corrected chi connectivity index (χ3v) is 3.18. The summed E-state index contributed by atoms with van der Waals surface area (Å²) in [6.45, 7) is 0. The van der Waals surface area contributed by atoms with Gasteiger partial charge in [0.1, 0.15) is 5.92 Å². The van der Waals surface area contributed by atoms with E-state index >= 15 is 0 Å². The Labute approximate surface area is 104 Å². The van der Waals surface area contributed by atoms with Gasteiger partial charge < -0.3 is 10.4 Å². The van der Waals surface area contributed by atoms with Crippen LogP contribution < -0.4 is 5.32 Å². The van der Waals surface area contributed by atoms with Gasteiger partial charge in [0.25, 0.3) is 0 Å². The molecule has 2 atom stereocenters. The molecule has 1 fully saturated rings. The van der Waals surface area contributed by atoms with Gasteiger partial charge in [-0.2, -0.15) is 0 Å². The molecule has 0 aromatic heterocycles. The average Bonchev–Trinajstić information content (AvgIpc) is 2.68. The largest absolute Gasteiger partial charge is 0.481 e. The van der Waals surface area contributed by atoms with Crippen molar-refractivity contribution in [2.45, 2.75) is 24.8 Å². The molecular formula is C12H12ClNO3. The maximum atomic E-state index is 11.3. The number of amides is 1. The van der Waals surface area contributed by atoms with E-state index in [9.17, 15) is 14.7 Å². The zero-order valence-electron chi connectivity index (χ0n) is 9.02. The molecule has 1 aromatic carbocycles. The number of benzene rings is 1. The van der Waals surface area contributed by atoms with Crippen molar-refractivity contribution < 1.29 is 14.7 Å². The second kappa shape index (κ2) is 4.75. The molecule has 1 unspecified atom stereocenters. The lowest BCUT2D eigenvalue weighted by Gasteiger charge is -2.19. The van der Waals surface area contributed by atoms with E-state index in [1.807, 2.05) is 0 Å². The van der Waals surface area contributed by atoms with Gasteiger partial charge in [-0.3, -0.25) is 9.59 Å². The number of carbonyl (C=O) groups is 2. The molecule has 1 aromatic rings. The van der Waals surface area contributed by atoms with Gasteiger partial charge in [0.05, 0.1) is 0 Å². The summed E-state index contributed by atoms with van der Waals surface area (Å²) < 4.78 is 0. The Hall–Kier alpha value is -1.55. The summed E-state index contributed by atoms with van der Waals surface area (Å²) in [5.41, 5.74) is 0.661. The lowest BCUT2D eigenvalue weighted by Crippen LogP contribution is -2.35. The summed E-state index contributed by atoms with van der Waals surface area (Å²) >= 11 is 5.76. The molecule has 0 radical (unpaired) electrons. The average molecular weight is 254 g/mol. The number of halogens is 1. The minimum atomic E-state index is -0.931. The maximum absolute atomic E-state index is 11.3. The number of aliphatic carboxylic acids is 1. The quantitative estimate of drug-likeness (QED) is 0.863. The normalized spacial score (nSPS) is 21.0. The third kappa shape index (κ3) is 2.58. The molecular weight excluding hydrogens is 242 g/mol. The van der Waals surface area contributed by atoms with Gasteiger partial charge in [-0.25, -0.2) is 0 Å². The summed E-state index contributed by atoms with van der Waals surface area (Å²) in [5.74, 6) is -1.73. The first-order chi connectivity index (χ1) is 8.08. The van der Waals surface area contributed by atoms with Crippen LogP contribution in [0.1, 0.15) is 24.3 Å². The SMILES string of the molecule is O=C1CCC([C@@H](C(=O)O)c2ccc(Cl)cc2)N1.